The number of hydrogen-bond acceptors (Lipinski definition) is 6. The molecule has 2 N–H and O–H groups in total. The third kappa shape index (κ3) is 3.78. The molecule has 8 saturated heterocycles. The molecule has 0 aromatic heterocycles. The van der Waals surface area contributed by atoms with E-state index in [4.69, 9.17) is 0 Å². The van der Waals surface area contributed by atoms with E-state index in [9.17, 15) is 28.8 Å². The third-order valence-electron chi connectivity index (χ3n) is 11.9. The van der Waals surface area contributed by atoms with Crippen molar-refractivity contribution in [2.45, 2.75) is 88.4 Å². The van der Waals surface area contributed by atoms with E-state index in [1.165, 1.54) is 6.08 Å². The lowest BCUT2D eigenvalue weighted by atomic mass is 9.53. The molecule has 2 aliphatic carbocycles. The maximum absolute atomic E-state index is 13.1. The second kappa shape index (κ2) is 9.94. The molecule has 43 heavy (non-hydrogen) atoms. The maximum Gasteiger partial charge on any atom is 0.253 e. The Labute approximate surface area is 287 Å². The predicted octanol–water partition coefficient (Wildman–Crippen LogP) is 3.34. The Morgan fingerprint density at radius 2 is 1.21 bits per heavy atom. The van der Waals surface area contributed by atoms with Gasteiger partial charge >= 0.3 is 0 Å². The van der Waals surface area contributed by atoms with Crippen LogP contribution in [0.2, 0.25) is 0 Å². The van der Waals surface area contributed by atoms with Crippen LogP contribution in [0.15, 0.2) is 21.8 Å². The molecule has 4 bridgehead atoms. The Hall–Kier alpha value is -1.11. The molecular weight excluding hydrogens is 893 g/mol. The molecule has 6 atom stereocenters. The molecule has 8 fully saturated rings. The number of nitrogens with zero attached hydrogens (tertiary/aromatic N) is 2. The van der Waals surface area contributed by atoms with Crippen LogP contribution < -0.4 is 10.6 Å². The lowest BCUT2D eigenvalue weighted by Crippen LogP contribution is -2.83. The molecule has 0 aromatic rings. The van der Waals surface area contributed by atoms with E-state index < -0.39 is 33.0 Å². The molecule has 10 nitrogen and oxygen atoms in total. The summed E-state index contributed by atoms with van der Waals surface area (Å²) in [5.41, 5.74) is -4.67. The summed E-state index contributed by atoms with van der Waals surface area (Å²) >= 11 is 6.23. The molecule has 232 valence electrons. The fourth-order valence-corrected chi connectivity index (χ4v) is 10.7. The van der Waals surface area contributed by atoms with Gasteiger partial charge in [-0.05, 0) is 79.3 Å². The Bertz CT molecular complexity index is 1460. The first-order chi connectivity index (χ1) is 20.1. The van der Waals surface area contributed by atoms with Gasteiger partial charge in [-0.1, -0.05) is 27.7 Å². The van der Waals surface area contributed by atoms with Crippen molar-refractivity contribution in [1.82, 2.24) is 20.4 Å². The van der Waals surface area contributed by atoms with Crippen molar-refractivity contribution in [3.63, 3.8) is 0 Å². The highest BCUT2D eigenvalue weighted by Gasteiger charge is 2.73. The quantitative estimate of drug-likeness (QED) is 0.359. The van der Waals surface area contributed by atoms with E-state index in [0.29, 0.717) is 42.4 Å². The van der Waals surface area contributed by atoms with Gasteiger partial charge in [-0.2, -0.15) is 0 Å². The number of Topliss-reactive ketones (excluding diaryl/α,β-unsaturated/α-hetero) is 1. The van der Waals surface area contributed by atoms with Crippen molar-refractivity contribution in [2.24, 2.45) is 22.7 Å². The first-order valence-electron chi connectivity index (χ1n) is 14.7. The number of piperazine rings is 2. The Kier molecular flexibility index (Phi) is 7.37. The number of carbonyl (C=O) groups is 6. The minimum Gasteiger partial charge on any atom is -0.336 e. The average molecular weight is 928 g/mol. The molecule has 0 aromatic carbocycles. The van der Waals surface area contributed by atoms with Crippen molar-refractivity contribution >= 4 is 95.0 Å². The molecule has 8 aliphatic heterocycles. The SMILES string of the molecule is CC1(C)C(=O)C(I)=C[C@]23NC(=O)C4(CCCN4C2=O)CC13.CC1(C)C(=O)C=C[C@]23NC(=O)C4(CCCN4C2=O)CC13.II. The minimum absolute atomic E-state index is 0.0226. The maximum atomic E-state index is 13.1. The van der Waals surface area contributed by atoms with E-state index in [2.05, 4.69) is 47.9 Å². The zero-order valence-corrected chi connectivity index (χ0v) is 31.0. The van der Waals surface area contributed by atoms with Crippen molar-refractivity contribution in [3.05, 3.63) is 21.8 Å². The molecule has 0 saturated carbocycles. The molecule has 4 unspecified atom stereocenters. The van der Waals surface area contributed by atoms with Crippen LogP contribution in [0.25, 0.3) is 0 Å². The van der Waals surface area contributed by atoms with E-state index >= 15 is 0 Å². The molecule has 13 heteroatoms. The minimum atomic E-state index is -1.02. The van der Waals surface area contributed by atoms with Gasteiger partial charge in [-0.25, -0.2) is 0 Å². The van der Waals surface area contributed by atoms with Gasteiger partial charge in [0.05, 0.1) is 3.58 Å². The summed E-state index contributed by atoms with van der Waals surface area (Å²) in [5.74, 6) is -0.309. The highest BCUT2D eigenvalue weighted by molar-refractivity contribution is 15.0. The van der Waals surface area contributed by atoms with Gasteiger partial charge in [-0.3, -0.25) is 28.8 Å². The zero-order valence-electron chi connectivity index (χ0n) is 24.5. The number of ketones is 2. The number of hydrogen-bond donors (Lipinski definition) is 2. The fourth-order valence-electron chi connectivity index (χ4n) is 9.46. The van der Waals surface area contributed by atoms with Crippen molar-refractivity contribution in [3.8, 4) is 0 Å². The van der Waals surface area contributed by atoms with Gasteiger partial charge in [0.1, 0.15) is 22.2 Å². The van der Waals surface area contributed by atoms with Crippen molar-refractivity contribution < 1.29 is 28.8 Å². The van der Waals surface area contributed by atoms with Crippen LogP contribution in [-0.2, 0) is 28.8 Å². The lowest BCUT2D eigenvalue weighted by molar-refractivity contribution is -0.178. The van der Waals surface area contributed by atoms with Gasteiger partial charge in [0.2, 0.25) is 11.8 Å². The smallest absolute Gasteiger partial charge is 0.253 e. The third-order valence-corrected chi connectivity index (χ3v) is 12.7. The number of carbonyl (C=O) groups excluding carboxylic acids is 6. The van der Waals surface area contributed by atoms with Crippen LogP contribution in [0, 0.1) is 22.7 Å². The molecular formula is C30H35I3N4O6. The van der Waals surface area contributed by atoms with Gasteiger partial charge in [-0.15, -0.1) is 0 Å². The van der Waals surface area contributed by atoms with Crippen LogP contribution in [0.5, 0.6) is 0 Å². The Morgan fingerprint density at radius 1 is 0.744 bits per heavy atom. The molecule has 10 aliphatic rings. The van der Waals surface area contributed by atoms with Crippen molar-refractivity contribution in [1.29, 1.82) is 0 Å². The van der Waals surface area contributed by atoms with Gasteiger partial charge in [0, 0.05) is 73.0 Å². The molecule has 10 rings (SSSR count). The monoisotopic (exact) mass is 928 g/mol. The summed E-state index contributed by atoms with van der Waals surface area (Å²) < 4.78 is 0.552. The van der Waals surface area contributed by atoms with Gasteiger partial charge in [0.15, 0.2) is 11.6 Å². The number of halogens is 3. The van der Waals surface area contributed by atoms with Crippen LogP contribution in [-0.4, -0.2) is 80.2 Å². The normalized spacial score (nSPS) is 42.0. The fraction of sp³-hybridized carbons (Fsp3) is 0.667. The topological polar surface area (TPSA) is 133 Å². The van der Waals surface area contributed by atoms with Crippen LogP contribution >= 0.6 is 59.8 Å². The summed E-state index contributed by atoms with van der Waals surface area (Å²) in [6, 6.07) is 0. The van der Waals surface area contributed by atoms with Gasteiger partial charge in [0.25, 0.3) is 11.8 Å². The number of amides is 4. The molecule has 8 heterocycles. The number of piperidine rings is 4. The number of fused-ring (bicyclic) bond motifs is 2. The second-order valence-corrected chi connectivity index (χ2v) is 15.5. The second-order valence-electron chi connectivity index (χ2n) is 14.3. The number of allylic oxidation sites excluding steroid dienone is 2. The van der Waals surface area contributed by atoms with Gasteiger partial charge < -0.3 is 20.4 Å². The molecule has 0 radical (unpaired) electrons. The van der Waals surface area contributed by atoms with Crippen molar-refractivity contribution in [2.75, 3.05) is 13.1 Å². The van der Waals surface area contributed by atoms with Crippen LogP contribution in [0.3, 0.4) is 0 Å². The summed E-state index contributed by atoms with van der Waals surface area (Å²) in [5, 5.41) is 5.94. The predicted molar refractivity (Wildman–Crippen MR) is 182 cm³/mol. The Morgan fingerprint density at radius 3 is 1.74 bits per heavy atom. The van der Waals surface area contributed by atoms with Crippen LogP contribution in [0.1, 0.15) is 66.2 Å². The zero-order chi connectivity index (χ0) is 31.5. The first kappa shape index (κ1) is 31.9. The largest absolute Gasteiger partial charge is 0.336 e. The standard InChI is InChI=1S/C15H17IN2O3.C15H18N2O3.I2/c1-13(2)9-7-14-4-3-5-18(14)12(21)15(9,17-11(14)20)6-8(16)10(13)19;1-13(2)9-8-14-5-3-7-17(14)12(20)15(9,16-11(14)19)6-4-10(13)18;1-2/h6,9H,3-5,7H2,1-2H3,(H,17,20);4,6,9H,3,5,7-8H2,1-2H3,(H,16,19);/t2*9?,14?,15-;/m11./s1. The summed E-state index contributed by atoms with van der Waals surface area (Å²) in [7, 11) is 0. The summed E-state index contributed by atoms with van der Waals surface area (Å²) in [6.07, 6.45) is 9.16. The Balaban J connectivity index is 0.000000145. The number of rotatable bonds is 0. The summed E-state index contributed by atoms with van der Waals surface area (Å²) in [4.78, 5) is 79.4. The number of nitrogens with one attached hydrogen (secondary N) is 2. The highest BCUT2D eigenvalue weighted by atomic mass is 128. The van der Waals surface area contributed by atoms with E-state index in [0.717, 1.165) is 12.8 Å². The van der Waals surface area contributed by atoms with E-state index in [1.54, 1.807) is 22.0 Å². The molecule has 4 spiro atoms. The average Bonchev–Trinajstić information content (AvgIpc) is 3.60. The highest BCUT2D eigenvalue weighted by Crippen LogP contribution is 2.58. The van der Waals surface area contributed by atoms with E-state index in [1.807, 2.05) is 50.3 Å². The first-order valence-corrected chi connectivity index (χ1v) is 22.1. The lowest BCUT2D eigenvalue weighted by Gasteiger charge is -2.62. The van der Waals surface area contributed by atoms with E-state index in [-0.39, 0.29) is 47.0 Å². The molecule has 4 amide bonds. The van der Waals surface area contributed by atoms with Crippen LogP contribution in [0.4, 0.5) is 0 Å². The summed E-state index contributed by atoms with van der Waals surface area (Å²) in [6.45, 7) is 8.90.